The van der Waals surface area contributed by atoms with Gasteiger partial charge in [-0.05, 0) is 42.2 Å². The predicted octanol–water partition coefficient (Wildman–Crippen LogP) is 3.22. The van der Waals surface area contributed by atoms with Crippen LogP contribution in [0.3, 0.4) is 0 Å². The molecule has 1 N–H and O–H groups in total. The van der Waals surface area contributed by atoms with Gasteiger partial charge < -0.3 is 10.0 Å². The predicted molar refractivity (Wildman–Crippen MR) is 84.3 cm³/mol. The number of benzene rings is 2. The van der Waals surface area contributed by atoms with E-state index in [0.29, 0.717) is 25.9 Å². The molecule has 1 aliphatic heterocycles. The van der Waals surface area contributed by atoms with E-state index in [1.54, 1.807) is 0 Å². The van der Waals surface area contributed by atoms with Gasteiger partial charge in [0.2, 0.25) is 0 Å². The van der Waals surface area contributed by atoms with E-state index in [0.717, 1.165) is 22.8 Å². The molecule has 0 unspecified atom stereocenters. The lowest BCUT2D eigenvalue weighted by Crippen LogP contribution is -2.46. The van der Waals surface area contributed by atoms with Crippen LogP contribution in [0.5, 0.6) is 0 Å². The van der Waals surface area contributed by atoms with E-state index in [-0.39, 0.29) is 5.91 Å². The van der Waals surface area contributed by atoms with Gasteiger partial charge in [0.05, 0.1) is 5.60 Å². The summed E-state index contributed by atoms with van der Waals surface area (Å²) >= 11 is 0. The highest BCUT2D eigenvalue weighted by Crippen LogP contribution is 2.26. The van der Waals surface area contributed by atoms with E-state index in [1.165, 1.54) is 0 Å². The Morgan fingerprint density at radius 2 is 1.81 bits per heavy atom. The number of hydrogen-bond acceptors (Lipinski definition) is 2. The van der Waals surface area contributed by atoms with Crippen LogP contribution >= 0.6 is 0 Å². The Balaban J connectivity index is 1.78. The highest BCUT2D eigenvalue weighted by Gasteiger charge is 2.32. The summed E-state index contributed by atoms with van der Waals surface area (Å²) in [4.78, 5) is 14.4. The van der Waals surface area contributed by atoms with Crippen molar-refractivity contribution in [3.63, 3.8) is 0 Å². The lowest BCUT2D eigenvalue weighted by molar-refractivity contribution is -0.0193. The maximum absolute atomic E-state index is 12.6. The third-order valence-electron chi connectivity index (χ3n) is 4.64. The molecule has 1 amide bonds. The van der Waals surface area contributed by atoms with Crippen molar-refractivity contribution in [2.75, 3.05) is 13.1 Å². The second-order valence-electron chi connectivity index (χ2n) is 5.93. The van der Waals surface area contributed by atoms with E-state index in [4.69, 9.17) is 0 Å². The molecule has 1 aliphatic rings. The van der Waals surface area contributed by atoms with Gasteiger partial charge >= 0.3 is 0 Å². The molecule has 0 aliphatic carbocycles. The zero-order valence-electron chi connectivity index (χ0n) is 12.4. The van der Waals surface area contributed by atoms with Crippen LogP contribution in [-0.2, 0) is 0 Å². The van der Waals surface area contributed by atoms with E-state index >= 15 is 0 Å². The summed E-state index contributed by atoms with van der Waals surface area (Å²) in [7, 11) is 0. The standard InChI is InChI=1S/C18H21NO2/c1-2-18(21)9-11-19(12-10-18)17(20)16-8-7-14-5-3-4-6-15(14)13-16/h3-8,13,21H,2,9-12H2,1H3. The van der Waals surface area contributed by atoms with Crippen LogP contribution in [0.15, 0.2) is 42.5 Å². The van der Waals surface area contributed by atoms with Gasteiger partial charge in [0.25, 0.3) is 5.91 Å². The molecule has 0 bridgehead atoms. The highest BCUT2D eigenvalue weighted by molar-refractivity contribution is 5.98. The van der Waals surface area contributed by atoms with Crippen LogP contribution in [0.4, 0.5) is 0 Å². The van der Waals surface area contributed by atoms with Crippen LogP contribution in [-0.4, -0.2) is 34.6 Å². The minimum atomic E-state index is -0.583. The van der Waals surface area contributed by atoms with Gasteiger partial charge in [-0.25, -0.2) is 0 Å². The van der Waals surface area contributed by atoms with Crippen LogP contribution < -0.4 is 0 Å². The monoisotopic (exact) mass is 283 g/mol. The summed E-state index contributed by atoms with van der Waals surface area (Å²) in [6.45, 7) is 3.27. The first-order valence-electron chi connectivity index (χ1n) is 7.62. The van der Waals surface area contributed by atoms with Crippen LogP contribution in [0.2, 0.25) is 0 Å². The Morgan fingerprint density at radius 3 is 2.48 bits per heavy atom. The Bertz CT molecular complexity index is 657. The topological polar surface area (TPSA) is 40.5 Å². The Kier molecular flexibility index (Phi) is 3.68. The smallest absolute Gasteiger partial charge is 0.253 e. The maximum Gasteiger partial charge on any atom is 0.253 e. The quantitative estimate of drug-likeness (QED) is 0.919. The van der Waals surface area contributed by atoms with Gasteiger partial charge in [-0.2, -0.15) is 0 Å². The molecule has 3 heteroatoms. The first kappa shape index (κ1) is 14.1. The average molecular weight is 283 g/mol. The van der Waals surface area contributed by atoms with E-state index < -0.39 is 5.60 Å². The van der Waals surface area contributed by atoms with E-state index in [2.05, 4.69) is 0 Å². The molecule has 110 valence electrons. The molecular weight excluding hydrogens is 262 g/mol. The summed E-state index contributed by atoms with van der Waals surface area (Å²) in [5, 5.41) is 12.5. The SMILES string of the molecule is CCC1(O)CCN(C(=O)c2ccc3ccccc3c2)CC1. The van der Waals surface area contributed by atoms with Crippen LogP contribution in [0.25, 0.3) is 10.8 Å². The lowest BCUT2D eigenvalue weighted by atomic mass is 9.89. The fourth-order valence-electron chi connectivity index (χ4n) is 2.98. The third-order valence-corrected chi connectivity index (χ3v) is 4.64. The molecular formula is C18H21NO2. The largest absolute Gasteiger partial charge is 0.390 e. The first-order chi connectivity index (χ1) is 10.1. The number of aliphatic hydroxyl groups is 1. The van der Waals surface area contributed by atoms with Crippen molar-refractivity contribution in [3.8, 4) is 0 Å². The van der Waals surface area contributed by atoms with Gasteiger partial charge in [0.1, 0.15) is 0 Å². The minimum absolute atomic E-state index is 0.0684. The van der Waals surface area contributed by atoms with E-state index in [1.807, 2.05) is 54.3 Å². The van der Waals surface area contributed by atoms with Gasteiger partial charge in [0.15, 0.2) is 0 Å². The van der Waals surface area contributed by atoms with Crippen molar-refractivity contribution in [2.45, 2.75) is 31.8 Å². The molecule has 0 spiro atoms. The fraction of sp³-hybridized carbons (Fsp3) is 0.389. The number of carbonyl (C=O) groups excluding carboxylic acids is 1. The van der Waals surface area contributed by atoms with Crippen molar-refractivity contribution >= 4 is 16.7 Å². The molecule has 1 heterocycles. The van der Waals surface area contributed by atoms with Crippen molar-refractivity contribution in [3.05, 3.63) is 48.0 Å². The summed E-state index contributed by atoms with van der Waals surface area (Å²) in [6.07, 6.45) is 2.09. The van der Waals surface area contributed by atoms with Crippen molar-refractivity contribution in [1.29, 1.82) is 0 Å². The van der Waals surface area contributed by atoms with Crippen molar-refractivity contribution < 1.29 is 9.90 Å². The van der Waals surface area contributed by atoms with Crippen LogP contribution in [0, 0.1) is 0 Å². The van der Waals surface area contributed by atoms with Crippen molar-refractivity contribution in [1.82, 2.24) is 4.90 Å². The molecule has 2 aromatic rings. The molecule has 0 atom stereocenters. The lowest BCUT2D eigenvalue weighted by Gasteiger charge is -2.37. The second kappa shape index (κ2) is 5.49. The molecule has 3 rings (SSSR count). The molecule has 3 nitrogen and oxygen atoms in total. The third kappa shape index (κ3) is 2.79. The number of fused-ring (bicyclic) bond motifs is 1. The van der Waals surface area contributed by atoms with Gasteiger partial charge in [-0.3, -0.25) is 4.79 Å². The molecule has 1 saturated heterocycles. The molecule has 0 aromatic heterocycles. The Labute approximate surface area is 125 Å². The number of amides is 1. The number of carbonyl (C=O) groups is 1. The zero-order valence-corrected chi connectivity index (χ0v) is 12.4. The summed E-state index contributed by atoms with van der Waals surface area (Å²) in [5.41, 5.74) is 0.149. The molecule has 0 saturated carbocycles. The molecule has 1 fully saturated rings. The number of nitrogens with zero attached hydrogens (tertiary/aromatic N) is 1. The maximum atomic E-state index is 12.6. The Hall–Kier alpha value is -1.87. The first-order valence-corrected chi connectivity index (χ1v) is 7.62. The zero-order chi connectivity index (χ0) is 14.9. The fourth-order valence-corrected chi connectivity index (χ4v) is 2.98. The number of hydrogen-bond donors (Lipinski definition) is 1. The minimum Gasteiger partial charge on any atom is -0.390 e. The highest BCUT2D eigenvalue weighted by atomic mass is 16.3. The summed E-state index contributed by atoms with van der Waals surface area (Å²) in [5.74, 6) is 0.0684. The Morgan fingerprint density at radius 1 is 1.14 bits per heavy atom. The van der Waals surface area contributed by atoms with Gasteiger partial charge in [0, 0.05) is 18.7 Å². The number of piperidine rings is 1. The summed E-state index contributed by atoms with van der Waals surface area (Å²) in [6, 6.07) is 13.9. The molecule has 21 heavy (non-hydrogen) atoms. The summed E-state index contributed by atoms with van der Waals surface area (Å²) < 4.78 is 0. The normalized spacial score (nSPS) is 17.9. The number of likely N-dealkylation sites (tertiary alicyclic amines) is 1. The number of rotatable bonds is 2. The van der Waals surface area contributed by atoms with Crippen molar-refractivity contribution in [2.24, 2.45) is 0 Å². The van der Waals surface area contributed by atoms with Crippen LogP contribution in [0.1, 0.15) is 36.5 Å². The molecule has 0 radical (unpaired) electrons. The van der Waals surface area contributed by atoms with Gasteiger partial charge in [-0.15, -0.1) is 0 Å². The van der Waals surface area contributed by atoms with E-state index in [9.17, 15) is 9.90 Å². The average Bonchev–Trinajstić information content (AvgIpc) is 2.54. The second-order valence-corrected chi connectivity index (χ2v) is 5.93. The molecule has 2 aromatic carbocycles. The van der Waals surface area contributed by atoms with Gasteiger partial charge in [-0.1, -0.05) is 37.3 Å².